The summed E-state index contributed by atoms with van der Waals surface area (Å²) in [5.41, 5.74) is 1.54. The zero-order valence-corrected chi connectivity index (χ0v) is 21.6. The van der Waals surface area contributed by atoms with E-state index in [9.17, 15) is 14.4 Å². The number of fused-ring (bicyclic) bond motifs is 5. The van der Waals surface area contributed by atoms with Crippen molar-refractivity contribution in [3.63, 3.8) is 0 Å². The Labute approximate surface area is 204 Å². The van der Waals surface area contributed by atoms with Crippen LogP contribution in [0.5, 0.6) is 0 Å². The quantitative estimate of drug-likeness (QED) is 0.354. The molecule has 4 aliphatic rings. The topological polar surface area (TPSA) is 69.7 Å². The first kappa shape index (κ1) is 25.2. The van der Waals surface area contributed by atoms with Crippen LogP contribution in [0.2, 0.25) is 0 Å². The predicted octanol–water partition coefficient (Wildman–Crippen LogP) is 5.68. The second-order valence-corrected chi connectivity index (χ2v) is 11.6. The van der Waals surface area contributed by atoms with Crippen LogP contribution in [-0.4, -0.2) is 30.9 Å². The lowest BCUT2D eigenvalue weighted by atomic mass is 9.48. The van der Waals surface area contributed by atoms with Gasteiger partial charge in [-0.15, -0.1) is 0 Å². The Morgan fingerprint density at radius 2 is 1.71 bits per heavy atom. The molecule has 0 aromatic rings. The third kappa shape index (κ3) is 4.18. The largest absolute Gasteiger partial charge is 0.465 e. The van der Waals surface area contributed by atoms with E-state index in [4.69, 9.17) is 9.47 Å². The van der Waals surface area contributed by atoms with Gasteiger partial charge in [-0.05, 0) is 104 Å². The third-order valence-corrected chi connectivity index (χ3v) is 10.0. The van der Waals surface area contributed by atoms with Gasteiger partial charge in [0.1, 0.15) is 0 Å². The average molecular weight is 471 g/mol. The van der Waals surface area contributed by atoms with Gasteiger partial charge in [0.25, 0.3) is 0 Å². The highest BCUT2D eigenvalue weighted by molar-refractivity contribution is 5.95. The molecule has 0 heterocycles. The number of carbonyl (C=O) groups is 3. The Kier molecular flexibility index (Phi) is 7.13. The number of hydrogen-bond acceptors (Lipinski definition) is 5. The van der Waals surface area contributed by atoms with Gasteiger partial charge < -0.3 is 9.47 Å². The zero-order chi connectivity index (χ0) is 24.7. The highest BCUT2D eigenvalue weighted by Crippen LogP contribution is 2.66. The van der Waals surface area contributed by atoms with Crippen LogP contribution < -0.4 is 0 Å². The van der Waals surface area contributed by atoms with E-state index in [-0.39, 0.29) is 35.7 Å². The van der Waals surface area contributed by atoms with Crippen LogP contribution >= 0.6 is 0 Å². The summed E-state index contributed by atoms with van der Waals surface area (Å²) in [6.07, 6.45) is 13.3. The molecule has 4 unspecified atom stereocenters. The molecule has 0 saturated heterocycles. The van der Waals surface area contributed by atoms with Crippen LogP contribution in [0.4, 0.5) is 0 Å². The van der Waals surface area contributed by atoms with Gasteiger partial charge in [-0.25, -0.2) is 0 Å². The molecule has 188 valence electrons. The molecule has 0 aliphatic heterocycles. The van der Waals surface area contributed by atoms with Crippen molar-refractivity contribution in [3.05, 3.63) is 23.8 Å². The van der Waals surface area contributed by atoms with Gasteiger partial charge in [-0.1, -0.05) is 32.9 Å². The first-order valence-corrected chi connectivity index (χ1v) is 13.4. The Morgan fingerprint density at radius 3 is 2.35 bits per heavy atom. The van der Waals surface area contributed by atoms with Gasteiger partial charge in [0.2, 0.25) is 0 Å². The Hall–Kier alpha value is -1.91. The van der Waals surface area contributed by atoms with E-state index in [0.717, 1.165) is 12.8 Å². The standard InChI is InChI=1S/C29H42O5/c1-6-33-26(31)22(27(32)34-7-2)16-18(3)23-10-11-24-21-9-8-19-17-20(30)12-14-28(19,4)25(21)13-15-29(23,24)5/h8-9,17-18,21-25H,6-7,10-16H2,1-5H3/t18-,21?,23?,24?,25?,28+,29-/m1/s1. The van der Waals surface area contributed by atoms with Gasteiger partial charge in [0.05, 0.1) is 13.2 Å². The lowest BCUT2D eigenvalue weighted by Gasteiger charge is -2.56. The van der Waals surface area contributed by atoms with Crippen molar-refractivity contribution in [3.8, 4) is 0 Å². The number of hydrogen-bond donors (Lipinski definition) is 0. The van der Waals surface area contributed by atoms with Crippen molar-refractivity contribution in [2.45, 2.75) is 79.6 Å². The number of allylic oxidation sites excluding steroid dienone is 4. The molecule has 2 fully saturated rings. The van der Waals surface area contributed by atoms with E-state index in [1.165, 1.54) is 24.8 Å². The van der Waals surface area contributed by atoms with Crippen LogP contribution in [0.25, 0.3) is 0 Å². The van der Waals surface area contributed by atoms with Crippen LogP contribution in [0, 0.1) is 46.3 Å². The van der Waals surface area contributed by atoms with E-state index in [1.807, 2.05) is 6.08 Å². The molecule has 0 amide bonds. The molecule has 34 heavy (non-hydrogen) atoms. The Balaban J connectivity index is 1.54. The first-order valence-electron chi connectivity index (χ1n) is 13.4. The predicted molar refractivity (Wildman–Crippen MR) is 131 cm³/mol. The molecule has 5 nitrogen and oxygen atoms in total. The summed E-state index contributed by atoms with van der Waals surface area (Å²) in [5, 5.41) is 0. The molecule has 2 saturated carbocycles. The number of ether oxygens (including phenoxy) is 2. The molecule has 4 rings (SSSR count). The molecule has 7 atom stereocenters. The van der Waals surface area contributed by atoms with Crippen molar-refractivity contribution < 1.29 is 23.9 Å². The summed E-state index contributed by atoms with van der Waals surface area (Å²) in [6.45, 7) is 11.1. The van der Waals surface area contributed by atoms with E-state index in [2.05, 4.69) is 32.9 Å². The molecule has 0 aromatic carbocycles. The maximum atomic E-state index is 12.6. The van der Waals surface area contributed by atoms with E-state index >= 15 is 0 Å². The second kappa shape index (κ2) is 9.62. The van der Waals surface area contributed by atoms with Crippen LogP contribution in [0.1, 0.15) is 79.6 Å². The highest BCUT2D eigenvalue weighted by atomic mass is 16.6. The van der Waals surface area contributed by atoms with E-state index in [1.54, 1.807) is 13.8 Å². The molecule has 0 spiro atoms. The lowest BCUT2D eigenvalue weighted by molar-refractivity contribution is -0.163. The van der Waals surface area contributed by atoms with Crippen molar-refractivity contribution >= 4 is 17.7 Å². The maximum Gasteiger partial charge on any atom is 0.320 e. The summed E-state index contributed by atoms with van der Waals surface area (Å²) in [7, 11) is 0. The van der Waals surface area contributed by atoms with Crippen LogP contribution in [-0.2, 0) is 23.9 Å². The van der Waals surface area contributed by atoms with Gasteiger partial charge >= 0.3 is 11.9 Å². The van der Waals surface area contributed by atoms with Gasteiger partial charge in [-0.2, -0.15) is 0 Å². The molecular weight excluding hydrogens is 428 g/mol. The van der Waals surface area contributed by atoms with Gasteiger partial charge in [0, 0.05) is 6.42 Å². The zero-order valence-electron chi connectivity index (χ0n) is 21.6. The number of carbonyl (C=O) groups excluding carboxylic acids is 3. The van der Waals surface area contributed by atoms with Crippen molar-refractivity contribution in [2.24, 2.45) is 46.3 Å². The minimum absolute atomic E-state index is 0.108. The minimum Gasteiger partial charge on any atom is -0.465 e. The Bertz CT molecular complexity index is 869. The minimum atomic E-state index is -0.838. The van der Waals surface area contributed by atoms with Gasteiger partial charge in [0.15, 0.2) is 11.7 Å². The van der Waals surface area contributed by atoms with E-state index < -0.39 is 17.9 Å². The van der Waals surface area contributed by atoms with Crippen molar-refractivity contribution in [1.82, 2.24) is 0 Å². The van der Waals surface area contributed by atoms with Crippen LogP contribution in [0.3, 0.4) is 0 Å². The third-order valence-electron chi connectivity index (χ3n) is 10.0. The number of ketones is 1. The molecule has 4 aliphatic carbocycles. The summed E-state index contributed by atoms with van der Waals surface area (Å²) in [5.74, 6) is 0.962. The summed E-state index contributed by atoms with van der Waals surface area (Å²) in [6, 6.07) is 0. The Morgan fingerprint density at radius 1 is 1.03 bits per heavy atom. The second-order valence-electron chi connectivity index (χ2n) is 11.6. The molecule has 0 N–H and O–H groups in total. The fraction of sp³-hybridized carbons (Fsp3) is 0.759. The molecule has 0 bridgehead atoms. The summed E-state index contributed by atoms with van der Waals surface area (Å²) >= 11 is 0. The van der Waals surface area contributed by atoms with Crippen molar-refractivity contribution in [2.75, 3.05) is 13.2 Å². The average Bonchev–Trinajstić information content (AvgIpc) is 3.15. The lowest BCUT2D eigenvalue weighted by Crippen LogP contribution is -2.49. The molecule has 0 aromatic heterocycles. The van der Waals surface area contributed by atoms with Crippen molar-refractivity contribution in [1.29, 1.82) is 0 Å². The summed E-state index contributed by atoms with van der Waals surface area (Å²) in [4.78, 5) is 37.2. The van der Waals surface area contributed by atoms with E-state index in [0.29, 0.717) is 36.5 Å². The number of esters is 2. The highest BCUT2D eigenvalue weighted by Gasteiger charge is 2.58. The maximum absolute atomic E-state index is 12.6. The SMILES string of the molecule is CCOC(=O)C(C[C@@H](C)C1CCC2C3C=CC4=CC(=O)CC[C@]4(C)C3CC[C@@]21C)C(=O)OCC. The summed E-state index contributed by atoms with van der Waals surface area (Å²) < 4.78 is 10.5. The first-order chi connectivity index (χ1) is 16.2. The normalized spacial score (nSPS) is 37.4. The molecule has 0 radical (unpaired) electrons. The monoisotopic (exact) mass is 470 g/mol. The number of rotatable bonds is 7. The fourth-order valence-corrected chi connectivity index (χ4v) is 8.28. The van der Waals surface area contributed by atoms with Gasteiger partial charge in [-0.3, -0.25) is 14.4 Å². The van der Waals surface area contributed by atoms with Crippen LogP contribution in [0.15, 0.2) is 23.8 Å². The molecular formula is C29H42O5. The molecule has 5 heteroatoms. The smallest absolute Gasteiger partial charge is 0.320 e. The fourth-order valence-electron chi connectivity index (χ4n) is 8.28.